The molecule has 0 saturated heterocycles. The maximum absolute atomic E-state index is 12.8. The van der Waals surface area contributed by atoms with Gasteiger partial charge in [0.2, 0.25) is 0 Å². The van der Waals surface area contributed by atoms with Crippen molar-refractivity contribution in [3.63, 3.8) is 0 Å². The first-order valence-electron chi connectivity index (χ1n) is 10.2. The summed E-state index contributed by atoms with van der Waals surface area (Å²) in [6.07, 6.45) is 0. The van der Waals surface area contributed by atoms with Crippen LogP contribution in [-0.4, -0.2) is 7.11 Å². The SMILES string of the molecule is COc1ccc(CN[C@H](C)c2cccc3ccccc23)cc1-c1ccc(CF)cc1. The fraction of sp³-hybridized carbons (Fsp3) is 0.185. The molecule has 0 amide bonds. The molecule has 0 heterocycles. The molecule has 0 aliphatic heterocycles. The van der Waals surface area contributed by atoms with Crippen molar-refractivity contribution in [1.82, 2.24) is 5.32 Å². The van der Waals surface area contributed by atoms with Crippen LogP contribution in [0.3, 0.4) is 0 Å². The number of alkyl halides is 1. The Bertz CT molecular complexity index is 1130. The van der Waals surface area contributed by atoms with E-state index in [1.165, 1.54) is 21.9 Å². The van der Waals surface area contributed by atoms with E-state index in [9.17, 15) is 4.39 Å². The lowest BCUT2D eigenvalue weighted by atomic mass is 9.98. The van der Waals surface area contributed by atoms with Gasteiger partial charge in [0.15, 0.2) is 0 Å². The summed E-state index contributed by atoms with van der Waals surface area (Å²) in [6.45, 7) is 2.49. The van der Waals surface area contributed by atoms with Crippen molar-refractivity contribution in [2.75, 3.05) is 7.11 Å². The van der Waals surface area contributed by atoms with Crippen molar-refractivity contribution in [3.05, 3.63) is 102 Å². The number of halogens is 1. The molecule has 0 fully saturated rings. The monoisotopic (exact) mass is 399 g/mol. The molecule has 2 nitrogen and oxygen atoms in total. The Kier molecular flexibility index (Phi) is 6.10. The minimum absolute atomic E-state index is 0.213. The van der Waals surface area contributed by atoms with Crippen LogP contribution >= 0.6 is 0 Å². The third-order valence-corrected chi connectivity index (χ3v) is 5.59. The van der Waals surface area contributed by atoms with Gasteiger partial charge in [-0.05, 0) is 52.1 Å². The summed E-state index contributed by atoms with van der Waals surface area (Å²) in [5.41, 5.74) is 5.18. The Hall–Kier alpha value is -3.17. The highest BCUT2D eigenvalue weighted by Gasteiger charge is 2.11. The Morgan fingerprint density at radius 3 is 2.37 bits per heavy atom. The number of hydrogen-bond acceptors (Lipinski definition) is 2. The summed E-state index contributed by atoms with van der Waals surface area (Å²) >= 11 is 0. The second kappa shape index (κ2) is 9.10. The number of nitrogens with one attached hydrogen (secondary N) is 1. The quantitative estimate of drug-likeness (QED) is 0.367. The first kappa shape index (κ1) is 20.1. The Balaban J connectivity index is 1.56. The fourth-order valence-corrected chi connectivity index (χ4v) is 3.87. The minimum Gasteiger partial charge on any atom is -0.496 e. The van der Waals surface area contributed by atoms with E-state index in [1.54, 1.807) is 7.11 Å². The molecule has 0 saturated carbocycles. The second-order valence-electron chi connectivity index (χ2n) is 7.54. The molecule has 0 aliphatic carbocycles. The molecular formula is C27H26FNO. The maximum atomic E-state index is 12.8. The van der Waals surface area contributed by atoms with E-state index in [0.717, 1.165) is 23.4 Å². The maximum Gasteiger partial charge on any atom is 0.126 e. The minimum atomic E-state index is -0.451. The number of rotatable bonds is 7. The van der Waals surface area contributed by atoms with Crippen molar-refractivity contribution in [1.29, 1.82) is 0 Å². The topological polar surface area (TPSA) is 21.3 Å². The van der Waals surface area contributed by atoms with Crippen LogP contribution < -0.4 is 10.1 Å². The average Bonchev–Trinajstić information content (AvgIpc) is 2.82. The number of fused-ring (bicyclic) bond motifs is 1. The third kappa shape index (κ3) is 4.22. The molecule has 0 radical (unpaired) electrons. The van der Waals surface area contributed by atoms with Crippen molar-refractivity contribution >= 4 is 10.8 Å². The smallest absolute Gasteiger partial charge is 0.126 e. The third-order valence-electron chi connectivity index (χ3n) is 5.59. The predicted octanol–water partition coefficient (Wildman–Crippen LogP) is 6.84. The van der Waals surface area contributed by atoms with Crippen LogP contribution in [-0.2, 0) is 13.2 Å². The van der Waals surface area contributed by atoms with Gasteiger partial charge in [0, 0.05) is 18.2 Å². The van der Waals surface area contributed by atoms with Gasteiger partial charge >= 0.3 is 0 Å². The van der Waals surface area contributed by atoms with Crippen LogP contribution in [0, 0.1) is 0 Å². The molecule has 4 rings (SSSR count). The molecule has 0 unspecified atom stereocenters. The highest BCUT2D eigenvalue weighted by Crippen LogP contribution is 2.32. The first-order chi connectivity index (χ1) is 14.7. The van der Waals surface area contributed by atoms with E-state index >= 15 is 0 Å². The number of hydrogen-bond donors (Lipinski definition) is 1. The van der Waals surface area contributed by atoms with Gasteiger partial charge in [-0.25, -0.2) is 4.39 Å². The Labute approximate surface area is 177 Å². The van der Waals surface area contributed by atoms with Gasteiger partial charge in [-0.1, -0.05) is 72.8 Å². The molecule has 0 aromatic heterocycles. The summed E-state index contributed by atoms with van der Waals surface area (Å²) in [4.78, 5) is 0. The Morgan fingerprint density at radius 2 is 1.60 bits per heavy atom. The first-order valence-corrected chi connectivity index (χ1v) is 10.2. The molecule has 4 aromatic carbocycles. The zero-order valence-electron chi connectivity index (χ0n) is 17.4. The molecule has 152 valence electrons. The van der Waals surface area contributed by atoms with Crippen LogP contribution in [0.4, 0.5) is 4.39 Å². The lowest BCUT2D eigenvalue weighted by Crippen LogP contribution is -2.18. The largest absolute Gasteiger partial charge is 0.496 e. The van der Waals surface area contributed by atoms with Gasteiger partial charge in [0.1, 0.15) is 12.4 Å². The van der Waals surface area contributed by atoms with E-state index in [0.29, 0.717) is 5.56 Å². The van der Waals surface area contributed by atoms with Gasteiger partial charge in [0.25, 0.3) is 0 Å². The number of methoxy groups -OCH3 is 1. The van der Waals surface area contributed by atoms with Crippen LogP contribution in [0.2, 0.25) is 0 Å². The summed E-state index contributed by atoms with van der Waals surface area (Å²) in [7, 11) is 1.68. The number of benzene rings is 4. The normalized spacial score (nSPS) is 12.1. The zero-order chi connectivity index (χ0) is 20.9. The Morgan fingerprint density at radius 1 is 0.867 bits per heavy atom. The zero-order valence-corrected chi connectivity index (χ0v) is 17.4. The summed E-state index contributed by atoms with van der Waals surface area (Å²) in [5, 5.41) is 6.19. The average molecular weight is 400 g/mol. The standard InChI is InChI=1S/C27H26FNO/c1-19(24-9-5-7-22-6-3-4-8-25(22)24)29-18-21-12-15-27(30-2)26(16-21)23-13-10-20(17-28)11-14-23/h3-16,19,29H,17-18H2,1-2H3/t19-/m1/s1. The van der Waals surface area contributed by atoms with Crippen molar-refractivity contribution in [3.8, 4) is 16.9 Å². The molecule has 1 atom stereocenters. The molecular weight excluding hydrogens is 373 g/mol. The molecule has 3 heteroatoms. The van der Waals surface area contributed by atoms with Gasteiger partial charge < -0.3 is 10.1 Å². The lowest BCUT2D eigenvalue weighted by molar-refractivity contribution is 0.416. The van der Waals surface area contributed by atoms with Gasteiger partial charge in [-0.2, -0.15) is 0 Å². The van der Waals surface area contributed by atoms with Gasteiger partial charge in [-0.15, -0.1) is 0 Å². The summed E-state index contributed by atoms with van der Waals surface area (Å²) < 4.78 is 18.4. The molecule has 0 aliphatic rings. The molecule has 1 N–H and O–H groups in total. The van der Waals surface area contributed by atoms with E-state index in [4.69, 9.17) is 4.74 Å². The molecule has 4 aromatic rings. The van der Waals surface area contributed by atoms with Gasteiger partial charge in [-0.3, -0.25) is 0 Å². The second-order valence-corrected chi connectivity index (χ2v) is 7.54. The van der Waals surface area contributed by atoms with Crippen molar-refractivity contribution in [2.24, 2.45) is 0 Å². The van der Waals surface area contributed by atoms with Crippen LogP contribution in [0.5, 0.6) is 5.75 Å². The molecule has 0 spiro atoms. The summed E-state index contributed by atoms with van der Waals surface area (Å²) in [6, 6.07) is 28.9. The van der Waals surface area contributed by atoms with Crippen LogP contribution in [0.25, 0.3) is 21.9 Å². The lowest BCUT2D eigenvalue weighted by Gasteiger charge is -2.18. The highest BCUT2D eigenvalue weighted by molar-refractivity contribution is 5.86. The van der Waals surface area contributed by atoms with Gasteiger partial charge in [0.05, 0.1) is 7.11 Å². The van der Waals surface area contributed by atoms with E-state index in [2.05, 4.69) is 66.8 Å². The van der Waals surface area contributed by atoms with Crippen LogP contribution in [0.1, 0.15) is 29.7 Å². The van der Waals surface area contributed by atoms with Crippen molar-refractivity contribution < 1.29 is 9.13 Å². The predicted molar refractivity (Wildman–Crippen MR) is 122 cm³/mol. The van der Waals surface area contributed by atoms with Crippen molar-refractivity contribution in [2.45, 2.75) is 26.2 Å². The van der Waals surface area contributed by atoms with E-state index in [1.807, 2.05) is 30.3 Å². The molecule has 0 bridgehead atoms. The summed E-state index contributed by atoms with van der Waals surface area (Å²) in [5.74, 6) is 0.814. The van der Waals surface area contributed by atoms with E-state index < -0.39 is 6.67 Å². The number of ether oxygens (including phenoxy) is 1. The van der Waals surface area contributed by atoms with Crippen LogP contribution in [0.15, 0.2) is 84.9 Å². The highest BCUT2D eigenvalue weighted by atomic mass is 19.1. The van der Waals surface area contributed by atoms with E-state index in [-0.39, 0.29) is 6.04 Å². The molecule has 30 heavy (non-hydrogen) atoms. The fourth-order valence-electron chi connectivity index (χ4n) is 3.87.